The van der Waals surface area contributed by atoms with Gasteiger partial charge in [-0.25, -0.2) is 0 Å². The number of para-hydroxylation sites is 5. The lowest BCUT2D eigenvalue weighted by Gasteiger charge is -2.47. The van der Waals surface area contributed by atoms with Gasteiger partial charge in [0.25, 0.3) is 13.4 Å². The molecule has 96 heavy (non-hydrogen) atoms. The highest BCUT2D eigenvalue weighted by molar-refractivity contribution is 7.02. The van der Waals surface area contributed by atoms with Gasteiger partial charge in [-0.05, 0) is 198 Å². The van der Waals surface area contributed by atoms with Crippen LogP contribution in [0.3, 0.4) is 0 Å². The maximum absolute atomic E-state index is 7.59. The fraction of sp³-hybridized carbons (Fsp3) is 0.182. The highest BCUT2D eigenvalue weighted by Gasteiger charge is 2.49. The molecule has 6 nitrogen and oxygen atoms in total. The van der Waals surface area contributed by atoms with Gasteiger partial charge < -0.3 is 29.2 Å². The predicted molar refractivity (Wildman–Crippen MR) is 410 cm³/mol. The molecule has 4 heterocycles. The Labute approximate surface area is 568 Å². The van der Waals surface area contributed by atoms with E-state index in [0.717, 1.165) is 102 Å². The first-order valence-electron chi connectivity index (χ1n) is 34.1. The van der Waals surface area contributed by atoms with E-state index in [1.54, 1.807) is 0 Å². The topological polar surface area (TPSA) is 25.4 Å². The average Bonchev–Trinajstić information content (AvgIpc) is 0.688. The standard InChI is InChI=1S/C88H81B2N5O/c1-85(2,3)58-30-28-42-67(48-58)91(62-32-18-13-19-33-62)69-52-78-83-79(53-69)94(65-38-24-16-25-39-65)76-57-77-74(56-73(76)89(83)71-46-44-60(87(7,8)9)50-75(71)93(78)64-36-22-15-23-37-64)90-72-47-45-61(88(10,11)12)51-81(72)96-82-55-70(54-80(84(82)90)95(77)66-40-26-17-27-41-66)92(63-34-20-14-21-35-63)68-43-29-31-59(49-68)86(4,5)6/h13-57H,1-12H3. The third-order valence-electron chi connectivity index (χ3n) is 20.2. The average molecular weight is 1250 g/mol. The van der Waals surface area contributed by atoms with Crippen LogP contribution in [0.2, 0.25) is 0 Å². The molecule has 0 bridgehead atoms. The summed E-state index contributed by atoms with van der Waals surface area (Å²) in [6.45, 7) is 27.3. The van der Waals surface area contributed by atoms with E-state index in [2.05, 4.69) is 381 Å². The van der Waals surface area contributed by atoms with Gasteiger partial charge in [-0.2, -0.15) is 0 Å². The van der Waals surface area contributed by atoms with E-state index in [9.17, 15) is 0 Å². The van der Waals surface area contributed by atoms with Crippen molar-refractivity contribution >= 4 is 132 Å². The van der Waals surface area contributed by atoms with Gasteiger partial charge >= 0.3 is 0 Å². The second-order valence-corrected chi connectivity index (χ2v) is 30.7. The van der Waals surface area contributed by atoms with Crippen molar-refractivity contribution in [2.45, 2.75) is 105 Å². The quantitative estimate of drug-likeness (QED) is 0.134. The number of ether oxygens (including phenoxy) is 1. The van der Waals surface area contributed by atoms with Gasteiger partial charge in [0.2, 0.25) is 0 Å². The maximum atomic E-state index is 7.59. The number of anilines is 15. The zero-order chi connectivity index (χ0) is 66.2. The number of rotatable bonds is 9. The Morgan fingerprint density at radius 2 is 0.604 bits per heavy atom. The van der Waals surface area contributed by atoms with E-state index < -0.39 is 0 Å². The van der Waals surface area contributed by atoms with E-state index in [1.165, 1.54) is 49.8 Å². The lowest BCUT2D eigenvalue weighted by Crippen LogP contribution is -2.64. The molecule has 0 N–H and O–H groups in total. The number of hydrogen-bond donors (Lipinski definition) is 0. The third kappa shape index (κ3) is 10.3. The molecule has 12 aromatic rings. The van der Waals surface area contributed by atoms with Crippen molar-refractivity contribution in [3.8, 4) is 11.5 Å². The molecule has 0 spiro atoms. The van der Waals surface area contributed by atoms with Gasteiger partial charge in [0, 0.05) is 80.0 Å². The van der Waals surface area contributed by atoms with Gasteiger partial charge in [-0.15, -0.1) is 0 Å². The molecule has 4 aliphatic rings. The van der Waals surface area contributed by atoms with Gasteiger partial charge in [0.05, 0.1) is 11.4 Å². The van der Waals surface area contributed by atoms with Crippen LogP contribution in [0.4, 0.5) is 85.3 Å². The van der Waals surface area contributed by atoms with Gasteiger partial charge in [-0.1, -0.05) is 229 Å². The summed E-state index contributed by atoms with van der Waals surface area (Å²) in [6, 6.07) is 103. The summed E-state index contributed by atoms with van der Waals surface area (Å²) < 4.78 is 7.59. The summed E-state index contributed by atoms with van der Waals surface area (Å²) in [5.41, 5.74) is 28.3. The smallest absolute Gasteiger partial charge is 0.256 e. The molecule has 8 heteroatoms. The van der Waals surface area contributed by atoms with Crippen LogP contribution in [-0.4, -0.2) is 13.4 Å². The molecule has 0 aromatic heterocycles. The molecular formula is C88H81B2N5O. The molecule has 470 valence electrons. The largest absolute Gasteiger partial charge is 0.458 e. The summed E-state index contributed by atoms with van der Waals surface area (Å²) in [7, 11) is 0. The summed E-state index contributed by atoms with van der Waals surface area (Å²) in [5, 5.41) is 0. The Balaban J connectivity index is 1.03. The van der Waals surface area contributed by atoms with Crippen molar-refractivity contribution in [2.75, 3.05) is 24.5 Å². The van der Waals surface area contributed by atoms with Crippen LogP contribution >= 0.6 is 0 Å². The number of benzene rings is 12. The molecule has 0 saturated heterocycles. The fourth-order valence-corrected chi connectivity index (χ4v) is 15.2. The van der Waals surface area contributed by atoms with E-state index in [-0.39, 0.29) is 35.1 Å². The normalized spacial score (nSPS) is 13.6. The second-order valence-electron chi connectivity index (χ2n) is 30.7. The molecule has 0 amide bonds. The van der Waals surface area contributed by atoms with Crippen molar-refractivity contribution < 1.29 is 4.74 Å². The van der Waals surface area contributed by atoms with Crippen LogP contribution < -0.4 is 62.0 Å². The Hall–Kier alpha value is -10.4. The minimum Gasteiger partial charge on any atom is -0.458 e. The predicted octanol–water partition coefficient (Wildman–Crippen LogP) is 20.3. The lowest BCUT2D eigenvalue weighted by molar-refractivity contribution is 0.483. The van der Waals surface area contributed by atoms with Crippen LogP contribution in [0, 0.1) is 0 Å². The van der Waals surface area contributed by atoms with Gasteiger partial charge in [0.1, 0.15) is 11.5 Å². The van der Waals surface area contributed by atoms with Crippen molar-refractivity contribution in [2.24, 2.45) is 0 Å². The van der Waals surface area contributed by atoms with E-state index in [1.807, 2.05) is 0 Å². The molecular weight excluding hydrogens is 1160 g/mol. The van der Waals surface area contributed by atoms with E-state index in [0.29, 0.717) is 0 Å². The summed E-state index contributed by atoms with van der Waals surface area (Å²) in [4.78, 5) is 12.6. The highest BCUT2D eigenvalue weighted by Crippen LogP contribution is 2.52. The van der Waals surface area contributed by atoms with Crippen molar-refractivity contribution in [3.63, 3.8) is 0 Å². The third-order valence-corrected chi connectivity index (χ3v) is 20.2. The van der Waals surface area contributed by atoms with Crippen LogP contribution in [0.25, 0.3) is 0 Å². The van der Waals surface area contributed by atoms with Gasteiger partial charge in [-0.3, -0.25) is 0 Å². The number of fused-ring (bicyclic) bond motifs is 8. The Morgan fingerprint density at radius 1 is 0.250 bits per heavy atom. The zero-order valence-electron chi connectivity index (χ0n) is 57.3. The lowest BCUT2D eigenvalue weighted by atomic mass is 9.30. The first kappa shape index (κ1) is 60.5. The molecule has 12 aromatic carbocycles. The molecule has 0 atom stereocenters. The number of nitrogens with zero attached hydrogens (tertiary/aromatic N) is 5. The first-order valence-corrected chi connectivity index (χ1v) is 34.1. The maximum Gasteiger partial charge on any atom is 0.256 e. The molecule has 16 rings (SSSR count). The number of hydrogen-bond acceptors (Lipinski definition) is 6. The molecule has 0 saturated carbocycles. The first-order chi connectivity index (χ1) is 46.2. The Bertz CT molecular complexity index is 4990. The molecule has 0 aliphatic carbocycles. The summed E-state index contributed by atoms with van der Waals surface area (Å²) in [6.07, 6.45) is 0. The second kappa shape index (κ2) is 22.6. The molecule has 0 unspecified atom stereocenters. The molecule has 0 radical (unpaired) electrons. The van der Waals surface area contributed by atoms with E-state index >= 15 is 0 Å². The van der Waals surface area contributed by atoms with E-state index in [4.69, 9.17) is 4.74 Å². The molecule has 0 fully saturated rings. The van der Waals surface area contributed by atoms with Gasteiger partial charge in [0.15, 0.2) is 0 Å². The minimum atomic E-state index is -0.208. The molecule has 4 aliphatic heterocycles. The SMILES string of the molecule is CC(C)(C)c1cccc(N(c2ccccc2)c2cc3c4c(c2)N(c2ccccc2)c2cc5c(cc2B4c2ccc(C(C)(C)C)cc2O3)B2c3ccc(C(C)(C)C)cc3N(c3ccccc3)c3cc(N(c4ccccc4)c4cccc(C(C)(C)C)c4)cc(c32)N5c2ccccc2)c1. The van der Waals surface area contributed by atoms with Crippen LogP contribution in [0.1, 0.15) is 105 Å². The van der Waals surface area contributed by atoms with Crippen molar-refractivity contribution in [1.29, 1.82) is 0 Å². The van der Waals surface area contributed by atoms with Crippen LogP contribution in [-0.2, 0) is 21.7 Å². The summed E-state index contributed by atoms with van der Waals surface area (Å²) in [5.74, 6) is 1.74. The monoisotopic (exact) mass is 1250 g/mol. The van der Waals surface area contributed by atoms with Crippen LogP contribution in [0.5, 0.6) is 11.5 Å². The van der Waals surface area contributed by atoms with Crippen LogP contribution in [0.15, 0.2) is 273 Å². The zero-order valence-corrected chi connectivity index (χ0v) is 57.3. The van der Waals surface area contributed by atoms with Crippen molar-refractivity contribution in [1.82, 2.24) is 0 Å². The Morgan fingerprint density at radius 3 is 1.04 bits per heavy atom. The Kier molecular flexibility index (Phi) is 14.3. The van der Waals surface area contributed by atoms with Crippen molar-refractivity contribution in [3.05, 3.63) is 295 Å². The highest BCUT2D eigenvalue weighted by atomic mass is 16.5. The minimum absolute atomic E-state index is 0.0784. The fourth-order valence-electron chi connectivity index (χ4n) is 15.2. The summed E-state index contributed by atoms with van der Waals surface area (Å²) >= 11 is 0.